The van der Waals surface area contributed by atoms with Crippen LogP contribution >= 0.6 is 0 Å². The van der Waals surface area contributed by atoms with Crippen LogP contribution in [0.4, 0.5) is 0 Å². The zero-order valence-corrected chi connectivity index (χ0v) is 10.3. The van der Waals surface area contributed by atoms with E-state index in [1.165, 1.54) is 5.56 Å². The van der Waals surface area contributed by atoms with Crippen LogP contribution in [0, 0.1) is 6.92 Å². The Morgan fingerprint density at radius 1 is 1.18 bits per heavy atom. The highest BCUT2D eigenvalue weighted by Crippen LogP contribution is 2.11. The van der Waals surface area contributed by atoms with Crippen molar-refractivity contribution in [2.75, 3.05) is 26.2 Å². The number of ketones is 1. The molecule has 0 unspecified atom stereocenters. The van der Waals surface area contributed by atoms with Gasteiger partial charge in [0.05, 0.1) is 0 Å². The molecule has 1 fully saturated rings. The van der Waals surface area contributed by atoms with Crippen molar-refractivity contribution < 1.29 is 9.53 Å². The van der Waals surface area contributed by atoms with Crippen LogP contribution in [0.1, 0.15) is 18.4 Å². The highest BCUT2D eigenvalue weighted by Gasteiger charge is 2.15. The molecule has 0 N–H and O–H groups in total. The van der Waals surface area contributed by atoms with Gasteiger partial charge < -0.3 is 4.74 Å². The van der Waals surface area contributed by atoms with Gasteiger partial charge in [-0.2, -0.15) is 0 Å². The number of benzene rings is 1. The SMILES string of the molecule is Cc1ccc(OCCN2CCC(=O)CC2)cc1. The van der Waals surface area contributed by atoms with E-state index < -0.39 is 0 Å². The largest absolute Gasteiger partial charge is 0.492 e. The first-order valence-electron chi connectivity index (χ1n) is 6.17. The lowest BCUT2D eigenvalue weighted by Crippen LogP contribution is -2.36. The van der Waals surface area contributed by atoms with Gasteiger partial charge in [0.1, 0.15) is 18.1 Å². The summed E-state index contributed by atoms with van der Waals surface area (Å²) in [7, 11) is 0. The number of hydrogen-bond donors (Lipinski definition) is 0. The monoisotopic (exact) mass is 233 g/mol. The molecule has 0 bridgehead atoms. The Balaban J connectivity index is 1.69. The van der Waals surface area contributed by atoms with Crippen LogP contribution < -0.4 is 4.74 Å². The zero-order chi connectivity index (χ0) is 12.1. The van der Waals surface area contributed by atoms with Crippen LogP contribution in [-0.4, -0.2) is 36.9 Å². The number of carbonyl (C=O) groups is 1. The molecule has 0 spiro atoms. The number of nitrogens with zero attached hydrogens (tertiary/aromatic N) is 1. The number of hydrogen-bond acceptors (Lipinski definition) is 3. The van der Waals surface area contributed by atoms with Gasteiger partial charge in [0.15, 0.2) is 0 Å². The number of Topliss-reactive ketones (excluding diaryl/α,β-unsaturated/α-hetero) is 1. The van der Waals surface area contributed by atoms with Crippen molar-refractivity contribution in [3.8, 4) is 5.75 Å². The quantitative estimate of drug-likeness (QED) is 0.797. The molecule has 17 heavy (non-hydrogen) atoms. The fourth-order valence-electron chi connectivity index (χ4n) is 1.95. The molecule has 1 aliphatic heterocycles. The van der Waals surface area contributed by atoms with Gasteiger partial charge in [0.25, 0.3) is 0 Å². The van der Waals surface area contributed by atoms with E-state index in [-0.39, 0.29) is 0 Å². The molecular formula is C14H19NO2. The molecule has 1 aromatic rings. The number of carbonyl (C=O) groups excluding carboxylic acids is 1. The van der Waals surface area contributed by atoms with E-state index in [1.54, 1.807) is 0 Å². The summed E-state index contributed by atoms with van der Waals surface area (Å²) in [4.78, 5) is 13.4. The molecule has 0 amide bonds. The summed E-state index contributed by atoms with van der Waals surface area (Å²) in [6.45, 7) is 5.43. The molecule has 1 aromatic carbocycles. The number of likely N-dealkylation sites (tertiary alicyclic amines) is 1. The first kappa shape index (κ1) is 12.1. The van der Waals surface area contributed by atoms with Crippen molar-refractivity contribution in [1.29, 1.82) is 0 Å². The molecule has 3 nitrogen and oxygen atoms in total. The standard InChI is InChI=1S/C14H19NO2/c1-12-2-4-14(5-3-12)17-11-10-15-8-6-13(16)7-9-15/h2-5H,6-11H2,1H3. The van der Waals surface area contributed by atoms with Crippen LogP contribution in [0.5, 0.6) is 5.75 Å². The maximum atomic E-state index is 11.1. The van der Waals surface area contributed by atoms with Gasteiger partial charge >= 0.3 is 0 Å². The van der Waals surface area contributed by atoms with Crippen molar-refractivity contribution in [2.45, 2.75) is 19.8 Å². The Kier molecular flexibility index (Phi) is 4.15. The van der Waals surface area contributed by atoms with Crippen LogP contribution in [0.3, 0.4) is 0 Å². The predicted octanol–water partition coefficient (Wildman–Crippen LogP) is 2.04. The third-order valence-corrected chi connectivity index (χ3v) is 3.11. The lowest BCUT2D eigenvalue weighted by atomic mass is 10.1. The maximum Gasteiger partial charge on any atom is 0.135 e. The summed E-state index contributed by atoms with van der Waals surface area (Å²) in [5, 5.41) is 0. The van der Waals surface area contributed by atoms with Crippen molar-refractivity contribution in [3.63, 3.8) is 0 Å². The van der Waals surface area contributed by atoms with Gasteiger partial charge in [0.2, 0.25) is 0 Å². The second-order valence-electron chi connectivity index (χ2n) is 4.54. The van der Waals surface area contributed by atoms with Crippen molar-refractivity contribution in [1.82, 2.24) is 4.90 Å². The normalized spacial score (nSPS) is 17.1. The van der Waals surface area contributed by atoms with Gasteiger partial charge in [0, 0.05) is 32.5 Å². The topological polar surface area (TPSA) is 29.5 Å². The van der Waals surface area contributed by atoms with Crippen LogP contribution in [0.25, 0.3) is 0 Å². The third kappa shape index (κ3) is 3.86. The van der Waals surface area contributed by atoms with E-state index >= 15 is 0 Å². The molecule has 1 heterocycles. The fraction of sp³-hybridized carbons (Fsp3) is 0.500. The minimum atomic E-state index is 0.390. The van der Waals surface area contributed by atoms with Crippen LogP contribution in [0.2, 0.25) is 0 Å². The Labute approximate surface area is 102 Å². The molecule has 1 saturated heterocycles. The summed E-state index contributed by atoms with van der Waals surface area (Å²) >= 11 is 0. The second kappa shape index (κ2) is 5.82. The first-order chi connectivity index (χ1) is 8.24. The molecule has 0 atom stereocenters. The number of rotatable bonds is 4. The lowest BCUT2D eigenvalue weighted by molar-refractivity contribution is -0.121. The van der Waals surface area contributed by atoms with E-state index in [0.717, 1.165) is 25.4 Å². The number of aryl methyl sites for hydroxylation is 1. The van der Waals surface area contributed by atoms with E-state index in [2.05, 4.69) is 24.0 Å². The Bertz CT molecular complexity index is 362. The smallest absolute Gasteiger partial charge is 0.135 e. The molecule has 92 valence electrons. The van der Waals surface area contributed by atoms with Crippen molar-refractivity contribution >= 4 is 5.78 Å². The average molecular weight is 233 g/mol. The molecule has 0 aromatic heterocycles. The summed E-state index contributed by atoms with van der Waals surface area (Å²) in [5.74, 6) is 1.31. The van der Waals surface area contributed by atoms with Gasteiger partial charge in [-0.25, -0.2) is 0 Å². The maximum absolute atomic E-state index is 11.1. The zero-order valence-electron chi connectivity index (χ0n) is 10.3. The fourth-order valence-corrected chi connectivity index (χ4v) is 1.95. The van der Waals surface area contributed by atoms with Crippen LogP contribution in [0.15, 0.2) is 24.3 Å². The number of ether oxygens (including phenoxy) is 1. The first-order valence-corrected chi connectivity index (χ1v) is 6.17. The van der Waals surface area contributed by atoms with Gasteiger partial charge in [-0.3, -0.25) is 9.69 Å². The molecule has 3 heteroatoms. The van der Waals surface area contributed by atoms with Gasteiger partial charge in [-0.1, -0.05) is 17.7 Å². The Morgan fingerprint density at radius 2 is 1.82 bits per heavy atom. The summed E-state index contributed by atoms with van der Waals surface area (Å²) in [5.41, 5.74) is 1.24. The van der Waals surface area contributed by atoms with Crippen molar-refractivity contribution in [2.24, 2.45) is 0 Å². The van der Waals surface area contributed by atoms with E-state index in [1.807, 2.05) is 12.1 Å². The molecule has 0 saturated carbocycles. The lowest BCUT2D eigenvalue weighted by Gasteiger charge is -2.25. The molecule has 0 radical (unpaired) electrons. The minimum Gasteiger partial charge on any atom is -0.492 e. The van der Waals surface area contributed by atoms with E-state index in [4.69, 9.17) is 4.74 Å². The van der Waals surface area contributed by atoms with Crippen molar-refractivity contribution in [3.05, 3.63) is 29.8 Å². The van der Waals surface area contributed by atoms with Gasteiger partial charge in [-0.05, 0) is 19.1 Å². The molecule has 2 rings (SSSR count). The minimum absolute atomic E-state index is 0.390. The summed E-state index contributed by atoms with van der Waals surface area (Å²) in [6.07, 6.45) is 1.40. The van der Waals surface area contributed by atoms with Crippen LogP contribution in [-0.2, 0) is 4.79 Å². The third-order valence-electron chi connectivity index (χ3n) is 3.11. The highest BCUT2D eigenvalue weighted by molar-refractivity contribution is 5.79. The highest BCUT2D eigenvalue weighted by atomic mass is 16.5. The van der Waals surface area contributed by atoms with Gasteiger partial charge in [-0.15, -0.1) is 0 Å². The predicted molar refractivity (Wildman–Crippen MR) is 67.4 cm³/mol. The molecular weight excluding hydrogens is 214 g/mol. The second-order valence-corrected chi connectivity index (χ2v) is 4.54. The molecule has 1 aliphatic rings. The Hall–Kier alpha value is -1.35. The molecule has 0 aliphatic carbocycles. The van der Waals surface area contributed by atoms with E-state index in [0.29, 0.717) is 25.2 Å². The Morgan fingerprint density at radius 3 is 2.47 bits per heavy atom. The summed E-state index contributed by atoms with van der Waals surface area (Å²) < 4.78 is 5.66. The summed E-state index contributed by atoms with van der Waals surface area (Å²) in [6, 6.07) is 8.09. The van der Waals surface area contributed by atoms with E-state index in [9.17, 15) is 4.79 Å². The number of piperidine rings is 1. The average Bonchev–Trinajstić information content (AvgIpc) is 2.34.